The Bertz CT molecular complexity index is 677. The number of rotatable bonds is 3. The lowest BCUT2D eigenvalue weighted by Gasteiger charge is -2.44. The minimum absolute atomic E-state index is 0.352. The summed E-state index contributed by atoms with van der Waals surface area (Å²) in [6.07, 6.45) is 5.38. The van der Waals surface area contributed by atoms with E-state index in [-0.39, 0.29) is 0 Å². The van der Waals surface area contributed by atoms with Gasteiger partial charge in [0.2, 0.25) is 0 Å². The first-order chi connectivity index (χ1) is 10.8. The summed E-state index contributed by atoms with van der Waals surface area (Å²) in [6.45, 7) is 2.58. The Morgan fingerprint density at radius 1 is 1.18 bits per heavy atom. The number of hydrogen-bond acceptors (Lipinski definition) is 3. The van der Waals surface area contributed by atoms with Crippen LogP contribution < -0.4 is 0 Å². The van der Waals surface area contributed by atoms with Crippen molar-refractivity contribution in [2.45, 2.75) is 25.0 Å². The monoisotopic (exact) mass is 295 g/mol. The standard InChI is InChI=1S/C18H21N3O/c1-20-8-7-18(19-20)15-9-16-12-22-13-17(10-15)21(16)11-14-5-3-2-4-6-14/h2-9,16-17H,10-13H2,1H3. The van der Waals surface area contributed by atoms with Gasteiger partial charge in [-0.25, -0.2) is 0 Å². The van der Waals surface area contributed by atoms with Crippen molar-refractivity contribution in [1.29, 1.82) is 0 Å². The summed E-state index contributed by atoms with van der Waals surface area (Å²) in [5.41, 5.74) is 3.84. The van der Waals surface area contributed by atoms with Gasteiger partial charge in [-0.3, -0.25) is 9.58 Å². The molecule has 0 spiro atoms. The van der Waals surface area contributed by atoms with Gasteiger partial charge in [0.05, 0.1) is 24.9 Å². The maximum atomic E-state index is 5.78. The van der Waals surface area contributed by atoms with Crippen LogP contribution in [0.25, 0.3) is 5.57 Å². The van der Waals surface area contributed by atoms with Crippen LogP contribution in [-0.4, -0.2) is 40.0 Å². The van der Waals surface area contributed by atoms with Gasteiger partial charge in [0.25, 0.3) is 0 Å². The molecule has 0 radical (unpaired) electrons. The van der Waals surface area contributed by atoms with Crippen molar-refractivity contribution < 1.29 is 4.74 Å². The average molecular weight is 295 g/mol. The SMILES string of the molecule is Cn1ccc(C2=CC3COCC(C2)N3Cc2ccccc2)n1. The van der Waals surface area contributed by atoms with E-state index in [9.17, 15) is 0 Å². The first kappa shape index (κ1) is 13.7. The van der Waals surface area contributed by atoms with Gasteiger partial charge in [-0.15, -0.1) is 0 Å². The van der Waals surface area contributed by atoms with E-state index in [0.29, 0.717) is 12.1 Å². The Morgan fingerprint density at radius 3 is 2.77 bits per heavy atom. The van der Waals surface area contributed by atoms with E-state index < -0.39 is 0 Å². The second-order valence-electron chi connectivity index (χ2n) is 6.19. The molecule has 2 unspecified atom stereocenters. The molecule has 4 rings (SSSR count). The summed E-state index contributed by atoms with van der Waals surface area (Å²) in [5, 5.41) is 4.56. The Hall–Kier alpha value is -1.91. The van der Waals surface area contributed by atoms with Gasteiger partial charge in [-0.1, -0.05) is 36.4 Å². The molecule has 1 aromatic heterocycles. The van der Waals surface area contributed by atoms with E-state index in [4.69, 9.17) is 4.74 Å². The van der Waals surface area contributed by atoms with Crippen LogP contribution in [0, 0.1) is 0 Å². The fraction of sp³-hybridized carbons (Fsp3) is 0.389. The van der Waals surface area contributed by atoms with Crippen LogP contribution in [0.5, 0.6) is 0 Å². The molecule has 2 aromatic rings. The van der Waals surface area contributed by atoms with Crippen molar-refractivity contribution >= 4 is 5.57 Å². The third-order valence-electron chi connectivity index (χ3n) is 4.59. The molecule has 0 amide bonds. The highest BCUT2D eigenvalue weighted by molar-refractivity contribution is 5.64. The zero-order chi connectivity index (χ0) is 14.9. The van der Waals surface area contributed by atoms with Crippen LogP contribution in [0.2, 0.25) is 0 Å². The van der Waals surface area contributed by atoms with Gasteiger partial charge in [-0.2, -0.15) is 5.10 Å². The molecule has 22 heavy (non-hydrogen) atoms. The van der Waals surface area contributed by atoms with E-state index in [0.717, 1.165) is 31.9 Å². The van der Waals surface area contributed by atoms with Crippen molar-refractivity contribution in [2.75, 3.05) is 13.2 Å². The highest BCUT2D eigenvalue weighted by Crippen LogP contribution is 2.32. The normalized spacial score (nSPS) is 25.0. The lowest BCUT2D eigenvalue weighted by atomic mass is 9.92. The summed E-state index contributed by atoms with van der Waals surface area (Å²) < 4.78 is 7.66. The van der Waals surface area contributed by atoms with Gasteiger partial charge >= 0.3 is 0 Å². The highest BCUT2D eigenvalue weighted by Gasteiger charge is 2.35. The van der Waals surface area contributed by atoms with Crippen LogP contribution >= 0.6 is 0 Å². The molecule has 2 bridgehead atoms. The molecule has 0 saturated carbocycles. The Labute approximate surface area is 131 Å². The summed E-state index contributed by atoms with van der Waals surface area (Å²) in [6, 6.07) is 13.6. The van der Waals surface area contributed by atoms with Crippen LogP contribution in [0.15, 0.2) is 48.7 Å². The zero-order valence-electron chi connectivity index (χ0n) is 12.9. The van der Waals surface area contributed by atoms with E-state index in [2.05, 4.69) is 52.5 Å². The molecule has 4 heteroatoms. The molecule has 114 valence electrons. The lowest BCUT2D eigenvalue weighted by Crippen LogP contribution is -2.53. The number of hydrogen-bond donors (Lipinski definition) is 0. The molecule has 1 saturated heterocycles. The molecule has 4 nitrogen and oxygen atoms in total. The quantitative estimate of drug-likeness (QED) is 0.871. The van der Waals surface area contributed by atoms with Crippen molar-refractivity contribution in [3.63, 3.8) is 0 Å². The molecular formula is C18H21N3O. The first-order valence-corrected chi connectivity index (χ1v) is 7.88. The number of benzene rings is 1. The van der Waals surface area contributed by atoms with Crippen molar-refractivity contribution in [1.82, 2.24) is 14.7 Å². The van der Waals surface area contributed by atoms with Crippen molar-refractivity contribution in [2.24, 2.45) is 7.05 Å². The van der Waals surface area contributed by atoms with Gasteiger partial charge in [0.15, 0.2) is 0 Å². The predicted octanol–water partition coefficient (Wildman–Crippen LogP) is 2.48. The van der Waals surface area contributed by atoms with Gasteiger partial charge in [0.1, 0.15) is 0 Å². The summed E-state index contributed by atoms with van der Waals surface area (Å²) >= 11 is 0. The molecule has 2 aliphatic heterocycles. The Balaban J connectivity index is 1.59. The molecule has 0 N–H and O–H groups in total. The molecule has 1 fully saturated rings. The molecule has 2 atom stereocenters. The molecular weight excluding hydrogens is 274 g/mol. The number of fused-ring (bicyclic) bond motifs is 2. The highest BCUT2D eigenvalue weighted by atomic mass is 16.5. The number of aromatic nitrogens is 2. The smallest absolute Gasteiger partial charge is 0.0880 e. The van der Waals surface area contributed by atoms with Crippen LogP contribution in [0.1, 0.15) is 17.7 Å². The van der Waals surface area contributed by atoms with E-state index in [1.807, 2.05) is 17.9 Å². The molecule has 0 aliphatic carbocycles. The second-order valence-corrected chi connectivity index (χ2v) is 6.19. The first-order valence-electron chi connectivity index (χ1n) is 7.88. The van der Waals surface area contributed by atoms with Crippen molar-refractivity contribution in [3.8, 4) is 0 Å². The summed E-state index contributed by atoms with van der Waals surface area (Å²) in [7, 11) is 1.97. The molecule has 1 aromatic carbocycles. The number of nitrogens with zero attached hydrogens (tertiary/aromatic N) is 3. The maximum absolute atomic E-state index is 5.78. The fourth-order valence-corrected chi connectivity index (χ4v) is 3.48. The predicted molar refractivity (Wildman–Crippen MR) is 86.2 cm³/mol. The van der Waals surface area contributed by atoms with E-state index >= 15 is 0 Å². The van der Waals surface area contributed by atoms with Crippen LogP contribution in [-0.2, 0) is 18.3 Å². The lowest BCUT2D eigenvalue weighted by molar-refractivity contribution is -0.0403. The maximum Gasteiger partial charge on any atom is 0.0880 e. The third kappa shape index (κ3) is 2.60. The number of morpholine rings is 1. The zero-order valence-corrected chi connectivity index (χ0v) is 12.9. The van der Waals surface area contributed by atoms with Gasteiger partial charge in [-0.05, 0) is 23.6 Å². The largest absolute Gasteiger partial charge is 0.378 e. The second kappa shape index (κ2) is 5.71. The number of aryl methyl sites for hydroxylation is 1. The van der Waals surface area contributed by atoms with E-state index in [1.54, 1.807) is 0 Å². The summed E-state index contributed by atoms with van der Waals surface area (Å²) in [4.78, 5) is 2.57. The number of ether oxygens (including phenoxy) is 1. The summed E-state index contributed by atoms with van der Waals surface area (Å²) in [5.74, 6) is 0. The minimum atomic E-state index is 0.352. The van der Waals surface area contributed by atoms with Gasteiger partial charge in [0, 0.05) is 25.8 Å². The van der Waals surface area contributed by atoms with Crippen molar-refractivity contribution in [3.05, 3.63) is 59.9 Å². The molecule has 2 aliphatic rings. The Morgan fingerprint density at radius 2 is 2.05 bits per heavy atom. The van der Waals surface area contributed by atoms with E-state index in [1.165, 1.54) is 11.1 Å². The fourth-order valence-electron chi connectivity index (χ4n) is 3.48. The average Bonchev–Trinajstić information content (AvgIpc) is 2.94. The molecule has 3 heterocycles. The third-order valence-corrected chi connectivity index (χ3v) is 4.59. The van der Waals surface area contributed by atoms with Gasteiger partial charge < -0.3 is 4.74 Å². The topological polar surface area (TPSA) is 30.3 Å². The Kier molecular flexibility index (Phi) is 3.56. The van der Waals surface area contributed by atoms with Crippen LogP contribution in [0.3, 0.4) is 0 Å². The van der Waals surface area contributed by atoms with Crippen LogP contribution in [0.4, 0.5) is 0 Å². The minimum Gasteiger partial charge on any atom is -0.378 e.